The molecule has 1 aromatic carbocycles. The Balaban J connectivity index is 3.13. The topological polar surface area (TPSA) is 61.9 Å². The molecule has 0 atom stereocenters. The highest BCUT2D eigenvalue weighted by Crippen LogP contribution is 2.31. The number of hydrogen-bond acceptors (Lipinski definition) is 2. The molecule has 0 saturated carbocycles. The summed E-state index contributed by atoms with van der Waals surface area (Å²) >= 11 is 0. The minimum absolute atomic E-state index is 0.0771. The number of alkyl halides is 3. The van der Waals surface area contributed by atoms with Crippen LogP contribution in [0, 0.1) is 5.41 Å². The molecular formula is C11H14F3N3. The molecule has 94 valence electrons. The maximum Gasteiger partial charge on any atom is 0.416 e. The monoisotopic (exact) mass is 245 g/mol. The molecule has 0 saturated heterocycles. The molecular weight excluding hydrogens is 231 g/mol. The number of amidine groups is 1. The number of nitrogens with two attached hydrogens (primary N) is 1. The van der Waals surface area contributed by atoms with E-state index in [0.29, 0.717) is 12.2 Å². The molecule has 0 unspecified atom stereocenters. The van der Waals surface area contributed by atoms with Crippen LogP contribution in [-0.4, -0.2) is 12.4 Å². The van der Waals surface area contributed by atoms with Crippen LogP contribution in [0.3, 0.4) is 0 Å². The lowest BCUT2D eigenvalue weighted by Gasteiger charge is -2.13. The smallest absolute Gasteiger partial charge is 0.384 e. The van der Waals surface area contributed by atoms with Crippen LogP contribution in [0.1, 0.15) is 24.5 Å². The van der Waals surface area contributed by atoms with Crippen molar-refractivity contribution < 1.29 is 13.2 Å². The maximum atomic E-state index is 12.5. The van der Waals surface area contributed by atoms with E-state index in [1.54, 1.807) is 0 Å². The van der Waals surface area contributed by atoms with Crippen LogP contribution in [0.25, 0.3) is 0 Å². The third kappa shape index (κ3) is 3.37. The second-order valence-electron chi connectivity index (χ2n) is 3.60. The van der Waals surface area contributed by atoms with Crippen molar-refractivity contribution in [3.8, 4) is 0 Å². The SMILES string of the molecule is CCCNc1ccc(C(F)(F)F)cc1C(=N)N. The Labute approximate surface area is 97.3 Å². The van der Waals surface area contributed by atoms with Gasteiger partial charge in [-0.15, -0.1) is 0 Å². The third-order valence-corrected chi connectivity index (χ3v) is 2.20. The van der Waals surface area contributed by atoms with Crippen LogP contribution in [0.5, 0.6) is 0 Å². The summed E-state index contributed by atoms with van der Waals surface area (Å²) in [6, 6.07) is 3.17. The lowest BCUT2D eigenvalue weighted by atomic mass is 10.1. The summed E-state index contributed by atoms with van der Waals surface area (Å²) in [5.74, 6) is -0.380. The zero-order chi connectivity index (χ0) is 13.1. The second kappa shape index (κ2) is 5.07. The Kier molecular flexibility index (Phi) is 3.98. The minimum Gasteiger partial charge on any atom is -0.384 e. The van der Waals surface area contributed by atoms with Crippen LogP contribution in [0.2, 0.25) is 0 Å². The summed E-state index contributed by atoms with van der Waals surface area (Å²) in [6.07, 6.45) is -3.59. The first-order valence-corrected chi connectivity index (χ1v) is 5.15. The van der Waals surface area contributed by atoms with Gasteiger partial charge in [0, 0.05) is 17.8 Å². The van der Waals surface area contributed by atoms with Gasteiger partial charge in [-0.25, -0.2) is 0 Å². The summed E-state index contributed by atoms with van der Waals surface area (Å²) in [5.41, 5.74) is 5.00. The number of rotatable bonds is 4. The predicted octanol–water partition coefficient (Wildman–Crippen LogP) is 2.81. The van der Waals surface area contributed by atoms with Gasteiger partial charge in [0.25, 0.3) is 0 Å². The molecule has 0 aliphatic carbocycles. The van der Waals surface area contributed by atoms with Crippen molar-refractivity contribution in [3.05, 3.63) is 29.3 Å². The van der Waals surface area contributed by atoms with E-state index in [9.17, 15) is 13.2 Å². The Morgan fingerprint density at radius 1 is 1.41 bits per heavy atom. The molecule has 1 rings (SSSR count). The number of benzene rings is 1. The van der Waals surface area contributed by atoms with Crippen molar-refractivity contribution in [3.63, 3.8) is 0 Å². The molecule has 0 amide bonds. The van der Waals surface area contributed by atoms with E-state index in [0.717, 1.165) is 18.6 Å². The minimum atomic E-state index is -4.42. The summed E-state index contributed by atoms with van der Waals surface area (Å²) in [4.78, 5) is 0. The van der Waals surface area contributed by atoms with E-state index >= 15 is 0 Å². The molecule has 17 heavy (non-hydrogen) atoms. The van der Waals surface area contributed by atoms with Crippen molar-refractivity contribution in [1.29, 1.82) is 5.41 Å². The lowest BCUT2D eigenvalue weighted by molar-refractivity contribution is -0.137. The Morgan fingerprint density at radius 2 is 2.06 bits per heavy atom. The Bertz CT molecular complexity index is 413. The first-order chi connectivity index (χ1) is 7.86. The highest BCUT2D eigenvalue weighted by Gasteiger charge is 2.31. The van der Waals surface area contributed by atoms with E-state index in [1.165, 1.54) is 6.07 Å². The van der Waals surface area contributed by atoms with Gasteiger partial charge in [0.1, 0.15) is 5.84 Å². The maximum absolute atomic E-state index is 12.5. The molecule has 0 spiro atoms. The normalized spacial score (nSPS) is 11.3. The molecule has 4 N–H and O–H groups in total. The highest BCUT2D eigenvalue weighted by molar-refractivity contribution is 6.00. The van der Waals surface area contributed by atoms with E-state index in [-0.39, 0.29) is 11.4 Å². The van der Waals surface area contributed by atoms with Crippen LogP contribution in [-0.2, 0) is 6.18 Å². The first-order valence-electron chi connectivity index (χ1n) is 5.15. The molecule has 0 aliphatic rings. The number of halogens is 3. The molecule has 0 aliphatic heterocycles. The van der Waals surface area contributed by atoms with Gasteiger partial charge in [0.2, 0.25) is 0 Å². The van der Waals surface area contributed by atoms with Crippen molar-refractivity contribution in [2.45, 2.75) is 19.5 Å². The molecule has 0 aromatic heterocycles. The van der Waals surface area contributed by atoms with E-state index < -0.39 is 11.7 Å². The molecule has 0 fully saturated rings. The highest BCUT2D eigenvalue weighted by atomic mass is 19.4. The average molecular weight is 245 g/mol. The zero-order valence-corrected chi connectivity index (χ0v) is 9.36. The predicted molar refractivity (Wildman–Crippen MR) is 61.2 cm³/mol. The summed E-state index contributed by atoms with van der Waals surface area (Å²) in [6.45, 7) is 2.55. The van der Waals surface area contributed by atoms with Crippen molar-refractivity contribution >= 4 is 11.5 Å². The number of nitrogen functional groups attached to an aromatic ring is 1. The largest absolute Gasteiger partial charge is 0.416 e. The Hall–Kier alpha value is -1.72. The second-order valence-corrected chi connectivity index (χ2v) is 3.60. The van der Waals surface area contributed by atoms with Crippen LogP contribution in [0.15, 0.2) is 18.2 Å². The fraction of sp³-hybridized carbons (Fsp3) is 0.364. The fourth-order valence-electron chi connectivity index (χ4n) is 1.36. The van der Waals surface area contributed by atoms with Gasteiger partial charge in [0.05, 0.1) is 5.56 Å². The van der Waals surface area contributed by atoms with Gasteiger partial charge in [-0.05, 0) is 24.6 Å². The fourth-order valence-corrected chi connectivity index (χ4v) is 1.36. The third-order valence-electron chi connectivity index (χ3n) is 2.20. The van der Waals surface area contributed by atoms with Crippen LogP contribution in [0.4, 0.5) is 18.9 Å². The molecule has 0 bridgehead atoms. The molecule has 0 heterocycles. The summed E-state index contributed by atoms with van der Waals surface area (Å²) in [7, 11) is 0. The molecule has 1 aromatic rings. The van der Waals surface area contributed by atoms with Gasteiger partial charge in [-0.1, -0.05) is 6.92 Å². The lowest BCUT2D eigenvalue weighted by Crippen LogP contribution is -2.17. The zero-order valence-electron chi connectivity index (χ0n) is 9.36. The number of anilines is 1. The molecule has 6 heteroatoms. The molecule has 0 radical (unpaired) electrons. The quantitative estimate of drug-likeness (QED) is 0.564. The average Bonchev–Trinajstić information content (AvgIpc) is 2.24. The van der Waals surface area contributed by atoms with Crippen LogP contribution < -0.4 is 11.1 Å². The van der Waals surface area contributed by atoms with Gasteiger partial charge < -0.3 is 11.1 Å². The van der Waals surface area contributed by atoms with Crippen molar-refractivity contribution in [2.75, 3.05) is 11.9 Å². The van der Waals surface area contributed by atoms with Crippen molar-refractivity contribution in [2.24, 2.45) is 5.73 Å². The van der Waals surface area contributed by atoms with E-state index in [2.05, 4.69) is 5.32 Å². The molecule has 3 nitrogen and oxygen atoms in total. The van der Waals surface area contributed by atoms with E-state index in [4.69, 9.17) is 11.1 Å². The first kappa shape index (κ1) is 13.3. The number of hydrogen-bond donors (Lipinski definition) is 3. The van der Waals surface area contributed by atoms with Gasteiger partial charge in [-0.2, -0.15) is 13.2 Å². The summed E-state index contributed by atoms with van der Waals surface area (Å²) in [5, 5.41) is 10.2. The van der Waals surface area contributed by atoms with Crippen molar-refractivity contribution in [1.82, 2.24) is 0 Å². The van der Waals surface area contributed by atoms with Gasteiger partial charge in [-0.3, -0.25) is 5.41 Å². The number of nitrogens with one attached hydrogen (secondary N) is 2. The van der Waals surface area contributed by atoms with E-state index in [1.807, 2.05) is 6.92 Å². The van der Waals surface area contributed by atoms with Gasteiger partial charge in [0.15, 0.2) is 0 Å². The standard InChI is InChI=1S/C11H14F3N3/c1-2-5-17-9-4-3-7(11(12,13)14)6-8(9)10(15)16/h3-4,6,17H,2,5H2,1H3,(H3,15,16). The van der Waals surface area contributed by atoms with Crippen LogP contribution >= 0.6 is 0 Å². The Morgan fingerprint density at radius 3 is 2.53 bits per heavy atom. The summed E-state index contributed by atoms with van der Waals surface area (Å²) < 4.78 is 37.4. The van der Waals surface area contributed by atoms with Gasteiger partial charge >= 0.3 is 6.18 Å².